The highest BCUT2D eigenvalue weighted by atomic mass is 32.3. The fraction of sp³-hybridized carbons (Fsp3) is 0.125. The molecule has 1 aromatic heterocycles. The summed E-state index contributed by atoms with van der Waals surface area (Å²) in [6, 6.07) is 6.44. The Morgan fingerprint density at radius 2 is 1.57 bits per heavy atom. The van der Waals surface area contributed by atoms with E-state index in [1.807, 2.05) is 0 Å². The highest BCUT2D eigenvalue weighted by Gasteiger charge is 2.18. The molecule has 3 rings (SSSR count). The van der Waals surface area contributed by atoms with Gasteiger partial charge in [-0.25, -0.2) is 22.3 Å². The molecule has 0 fully saturated rings. The lowest BCUT2D eigenvalue weighted by Crippen LogP contribution is -2.04. The molecule has 0 spiro atoms. The van der Waals surface area contributed by atoms with Crippen molar-refractivity contribution in [1.29, 1.82) is 0 Å². The second-order valence-electron chi connectivity index (χ2n) is 5.89. The number of sulfone groups is 1. The van der Waals surface area contributed by atoms with Gasteiger partial charge in [0.25, 0.3) is 0 Å². The van der Waals surface area contributed by atoms with E-state index in [4.69, 9.17) is 4.74 Å². The molecule has 30 heavy (non-hydrogen) atoms. The molecule has 0 aliphatic rings. The number of aromatic nitrogens is 3. The van der Waals surface area contributed by atoms with Crippen molar-refractivity contribution in [2.24, 2.45) is 0 Å². The van der Waals surface area contributed by atoms with Crippen LogP contribution in [-0.2, 0) is 26.9 Å². The standard InChI is InChI=1S/C16H12F3N3O6S2/c1-29(23,24)16-20-15(21-22-16)9-6-13(17)12(14(18)7-9)8-27-10-2-4-11(5-3-10)28-30(19,25)26/h2-7H,8H2,1H3,(H,20,21,22). The molecule has 0 amide bonds. The van der Waals surface area contributed by atoms with Crippen LogP contribution in [0.4, 0.5) is 12.7 Å². The summed E-state index contributed by atoms with van der Waals surface area (Å²) in [5.74, 6) is -2.39. The van der Waals surface area contributed by atoms with Crippen LogP contribution in [0, 0.1) is 11.6 Å². The van der Waals surface area contributed by atoms with Crippen LogP contribution in [-0.4, -0.2) is 38.3 Å². The van der Waals surface area contributed by atoms with Crippen LogP contribution in [0.1, 0.15) is 5.56 Å². The van der Waals surface area contributed by atoms with Crippen LogP contribution in [0.25, 0.3) is 11.4 Å². The van der Waals surface area contributed by atoms with E-state index in [0.29, 0.717) is 0 Å². The van der Waals surface area contributed by atoms with E-state index in [-0.39, 0.29) is 22.9 Å². The average molecular weight is 463 g/mol. The van der Waals surface area contributed by atoms with Crippen molar-refractivity contribution in [3.8, 4) is 22.9 Å². The van der Waals surface area contributed by atoms with E-state index < -0.39 is 49.3 Å². The summed E-state index contributed by atoms with van der Waals surface area (Å²) in [4.78, 5) is 3.69. The molecule has 0 bridgehead atoms. The van der Waals surface area contributed by atoms with Crippen LogP contribution in [0.2, 0.25) is 0 Å². The maximum atomic E-state index is 14.4. The van der Waals surface area contributed by atoms with Crippen LogP contribution < -0.4 is 8.92 Å². The van der Waals surface area contributed by atoms with Crippen LogP contribution in [0.15, 0.2) is 41.6 Å². The number of nitrogens with zero attached hydrogens (tertiary/aromatic N) is 2. The first kappa shape index (κ1) is 21.6. The lowest BCUT2D eigenvalue weighted by Gasteiger charge is -2.10. The van der Waals surface area contributed by atoms with Gasteiger partial charge in [-0.2, -0.15) is 18.5 Å². The summed E-state index contributed by atoms with van der Waals surface area (Å²) >= 11 is 0. The average Bonchev–Trinajstić information content (AvgIpc) is 3.11. The topological polar surface area (TPSA) is 128 Å². The second-order valence-corrected chi connectivity index (χ2v) is 8.78. The Morgan fingerprint density at radius 3 is 2.07 bits per heavy atom. The first-order chi connectivity index (χ1) is 13.9. The molecular formula is C16H12F3N3O6S2. The van der Waals surface area contributed by atoms with Crippen molar-refractivity contribution in [2.75, 3.05) is 6.26 Å². The number of ether oxygens (including phenoxy) is 1. The molecule has 3 aromatic rings. The van der Waals surface area contributed by atoms with E-state index in [0.717, 1.165) is 30.5 Å². The Morgan fingerprint density at radius 1 is 1.00 bits per heavy atom. The number of hydrogen-bond donors (Lipinski definition) is 1. The van der Waals surface area contributed by atoms with Gasteiger partial charge in [-0.15, -0.1) is 0 Å². The summed E-state index contributed by atoms with van der Waals surface area (Å²) in [5.41, 5.74) is -0.516. The minimum Gasteiger partial charge on any atom is -0.489 e. The minimum atomic E-state index is -5.18. The molecular weight excluding hydrogens is 451 g/mol. The van der Waals surface area contributed by atoms with Crippen molar-refractivity contribution < 1.29 is 38.4 Å². The van der Waals surface area contributed by atoms with Crippen LogP contribution >= 0.6 is 0 Å². The lowest BCUT2D eigenvalue weighted by molar-refractivity contribution is 0.292. The predicted molar refractivity (Wildman–Crippen MR) is 96.3 cm³/mol. The van der Waals surface area contributed by atoms with Gasteiger partial charge in [-0.05, 0) is 36.4 Å². The molecule has 0 unspecified atom stereocenters. The SMILES string of the molecule is CS(=O)(=O)c1nc(-c2cc(F)c(COc3ccc(OS(=O)(=O)F)cc3)c(F)c2)n[nH]1. The summed E-state index contributed by atoms with van der Waals surface area (Å²) in [5, 5.41) is 5.36. The summed E-state index contributed by atoms with van der Waals surface area (Å²) in [6.07, 6.45) is 0.897. The summed E-state index contributed by atoms with van der Waals surface area (Å²) in [6.45, 7) is -0.526. The number of aromatic amines is 1. The molecule has 0 saturated carbocycles. The van der Waals surface area contributed by atoms with Gasteiger partial charge in [0.1, 0.15) is 29.7 Å². The number of hydrogen-bond acceptors (Lipinski definition) is 8. The monoisotopic (exact) mass is 463 g/mol. The van der Waals surface area contributed by atoms with Crippen molar-refractivity contribution in [2.45, 2.75) is 11.8 Å². The Balaban J connectivity index is 1.75. The van der Waals surface area contributed by atoms with E-state index in [1.54, 1.807) is 0 Å². The third-order valence-corrected chi connectivity index (χ3v) is 4.89. The lowest BCUT2D eigenvalue weighted by atomic mass is 10.1. The first-order valence-electron chi connectivity index (χ1n) is 7.90. The number of rotatable bonds is 7. The van der Waals surface area contributed by atoms with E-state index in [2.05, 4.69) is 19.4 Å². The van der Waals surface area contributed by atoms with Gasteiger partial charge < -0.3 is 8.92 Å². The molecule has 0 aliphatic heterocycles. The van der Waals surface area contributed by atoms with Crippen molar-refractivity contribution >= 4 is 20.3 Å². The predicted octanol–water partition coefficient (Wildman–Crippen LogP) is 2.33. The number of nitrogens with one attached hydrogen (secondary N) is 1. The summed E-state index contributed by atoms with van der Waals surface area (Å²) < 4.78 is 94.1. The minimum absolute atomic E-state index is 0.0890. The Hall–Kier alpha value is -3.13. The highest BCUT2D eigenvalue weighted by molar-refractivity contribution is 7.90. The molecule has 9 nitrogen and oxygen atoms in total. The molecule has 1 N–H and O–H groups in total. The molecule has 0 aliphatic carbocycles. The van der Waals surface area contributed by atoms with Gasteiger partial charge >= 0.3 is 10.5 Å². The van der Waals surface area contributed by atoms with Gasteiger partial charge in [0, 0.05) is 11.8 Å². The molecule has 0 radical (unpaired) electrons. The maximum Gasteiger partial charge on any atom is 0.488 e. The first-order valence-corrected chi connectivity index (χ1v) is 11.1. The van der Waals surface area contributed by atoms with Gasteiger partial charge in [0.2, 0.25) is 15.0 Å². The Bertz CT molecular complexity index is 1270. The fourth-order valence-corrected chi connectivity index (χ4v) is 3.08. The molecule has 14 heteroatoms. The third kappa shape index (κ3) is 5.27. The van der Waals surface area contributed by atoms with Crippen molar-refractivity contribution in [3.05, 3.63) is 53.6 Å². The van der Waals surface area contributed by atoms with Gasteiger partial charge in [0.05, 0.1) is 5.56 Å². The van der Waals surface area contributed by atoms with Crippen LogP contribution in [0.5, 0.6) is 11.5 Å². The normalized spacial score (nSPS) is 12.0. The molecule has 0 atom stereocenters. The molecule has 0 saturated heterocycles. The molecule has 160 valence electrons. The maximum absolute atomic E-state index is 14.4. The Labute approximate surface area is 168 Å². The zero-order chi connectivity index (χ0) is 22.1. The van der Waals surface area contributed by atoms with Crippen molar-refractivity contribution in [3.63, 3.8) is 0 Å². The zero-order valence-corrected chi connectivity index (χ0v) is 16.6. The summed E-state index contributed by atoms with van der Waals surface area (Å²) in [7, 11) is -8.85. The molecule has 1 heterocycles. The van der Waals surface area contributed by atoms with E-state index in [9.17, 15) is 29.5 Å². The quantitative estimate of drug-likeness (QED) is 0.529. The second kappa shape index (κ2) is 7.95. The number of H-pyrrole nitrogens is 1. The zero-order valence-electron chi connectivity index (χ0n) is 15.0. The smallest absolute Gasteiger partial charge is 0.488 e. The fourth-order valence-electron chi connectivity index (χ4n) is 2.27. The van der Waals surface area contributed by atoms with Gasteiger partial charge in [0.15, 0.2) is 5.82 Å². The van der Waals surface area contributed by atoms with E-state index >= 15 is 0 Å². The Kier molecular flexibility index (Phi) is 5.72. The van der Waals surface area contributed by atoms with Gasteiger partial charge in [-0.3, -0.25) is 0 Å². The number of halogens is 3. The molecule has 2 aromatic carbocycles. The third-order valence-electron chi connectivity index (χ3n) is 3.62. The largest absolute Gasteiger partial charge is 0.489 e. The van der Waals surface area contributed by atoms with Crippen molar-refractivity contribution in [1.82, 2.24) is 15.2 Å². The van der Waals surface area contributed by atoms with Gasteiger partial charge in [-0.1, -0.05) is 3.89 Å². The highest BCUT2D eigenvalue weighted by Crippen LogP contribution is 2.25. The van der Waals surface area contributed by atoms with E-state index in [1.165, 1.54) is 12.1 Å². The number of benzene rings is 2. The van der Waals surface area contributed by atoms with Crippen LogP contribution in [0.3, 0.4) is 0 Å².